The van der Waals surface area contributed by atoms with Crippen LogP contribution in [0.4, 0.5) is 0 Å². The fourth-order valence-corrected chi connectivity index (χ4v) is 1.79. The fraction of sp³-hybridized carbons (Fsp3) is 0.429. The van der Waals surface area contributed by atoms with Gasteiger partial charge < -0.3 is 30.6 Å². The van der Waals surface area contributed by atoms with E-state index in [0.29, 0.717) is 0 Å². The smallest absolute Gasteiger partial charge is 0.139 e. The van der Waals surface area contributed by atoms with Crippen LogP contribution < -0.4 is 0 Å². The van der Waals surface area contributed by atoms with E-state index in [4.69, 9.17) is 5.11 Å². The van der Waals surface area contributed by atoms with Crippen LogP contribution in [0.25, 0.3) is 0 Å². The molecule has 0 saturated heterocycles. The van der Waals surface area contributed by atoms with Gasteiger partial charge in [0.15, 0.2) is 0 Å². The molecule has 0 aliphatic heterocycles. The Morgan fingerprint density at radius 3 is 1.95 bits per heavy atom. The van der Waals surface area contributed by atoms with E-state index < -0.39 is 36.3 Å². The lowest BCUT2D eigenvalue weighted by atomic mass is 9.95. The largest absolute Gasteiger partial charge is 0.510 e. The molecule has 0 aliphatic carbocycles. The maximum atomic E-state index is 9.82. The second kappa shape index (κ2) is 7.37. The van der Waals surface area contributed by atoms with Crippen LogP contribution in [0.1, 0.15) is 5.56 Å². The SMILES string of the molecule is C=C(O)[C@@H](O)[C@@H](O)[C@H](O)[C@@H](O)C(O)Cc1ccccc1. The van der Waals surface area contributed by atoms with Crippen LogP contribution in [-0.2, 0) is 6.42 Å². The van der Waals surface area contributed by atoms with Crippen molar-refractivity contribution in [2.24, 2.45) is 0 Å². The average molecular weight is 284 g/mol. The van der Waals surface area contributed by atoms with Crippen LogP contribution in [0.15, 0.2) is 42.7 Å². The highest BCUT2D eigenvalue weighted by atomic mass is 16.4. The molecule has 1 rings (SSSR count). The minimum absolute atomic E-state index is 0.0714. The Hall–Kier alpha value is -1.44. The minimum atomic E-state index is -1.85. The predicted octanol–water partition coefficient (Wildman–Crippen LogP) is -0.895. The van der Waals surface area contributed by atoms with Crippen molar-refractivity contribution in [2.75, 3.05) is 0 Å². The molecule has 0 fully saturated rings. The summed E-state index contributed by atoms with van der Waals surface area (Å²) >= 11 is 0. The van der Waals surface area contributed by atoms with E-state index in [0.717, 1.165) is 5.56 Å². The van der Waals surface area contributed by atoms with Gasteiger partial charge in [0.25, 0.3) is 0 Å². The Balaban J connectivity index is 2.63. The third kappa shape index (κ3) is 4.29. The minimum Gasteiger partial charge on any atom is -0.510 e. The van der Waals surface area contributed by atoms with Crippen molar-refractivity contribution in [2.45, 2.75) is 36.9 Å². The molecule has 1 unspecified atom stereocenters. The molecule has 5 atom stereocenters. The van der Waals surface area contributed by atoms with Crippen LogP contribution in [0, 0.1) is 0 Å². The van der Waals surface area contributed by atoms with Crippen molar-refractivity contribution in [3.63, 3.8) is 0 Å². The molecular weight excluding hydrogens is 264 g/mol. The summed E-state index contributed by atoms with van der Waals surface area (Å²) < 4.78 is 0. The summed E-state index contributed by atoms with van der Waals surface area (Å²) in [4.78, 5) is 0. The summed E-state index contributed by atoms with van der Waals surface area (Å²) in [5.41, 5.74) is 0.743. The van der Waals surface area contributed by atoms with E-state index in [2.05, 4.69) is 6.58 Å². The molecule has 0 aliphatic rings. The first-order valence-electron chi connectivity index (χ1n) is 6.16. The molecule has 20 heavy (non-hydrogen) atoms. The molecule has 6 heteroatoms. The van der Waals surface area contributed by atoms with Gasteiger partial charge in [0.2, 0.25) is 0 Å². The highest BCUT2D eigenvalue weighted by Crippen LogP contribution is 2.14. The van der Waals surface area contributed by atoms with Gasteiger partial charge >= 0.3 is 0 Å². The normalized spacial score (nSPS) is 18.9. The third-order valence-corrected chi connectivity index (χ3v) is 3.05. The second-order valence-electron chi connectivity index (χ2n) is 4.67. The zero-order valence-electron chi connectivity index (χ0n) is 10.9. The monoisotopic (exact) mass is 284 g/mol. The predicted molar refractivity (Wildman–Crippen MR) is 71.9 cm³/mol. The standard InChI is InChI=1S/C14H20O6/c1-8(15)11(17)13(19)14(20)12(18)10(16)7-9-5-3-2-4-6-9/h2-6,10-20H,1,7H2/t10?,11-,12+,13-,14-/m1/s1. The zero-order chi connectivity index (χ0) is 15.3. The van der Waals surface area contributed by atoms with E-state index in [-0.39, 0.29) is 6.42 Å². The number of rotatable bonds is 7. The van der Waals surface area contributed by atoms with Crippen LogP contribution in [-0.4, -0.2) is 61.2 Å². The molecule has 6 N–H and O–H groups in total. The summed E-state index contributed by atoms with van der Waals surface area (Å²) in [6.07, 6.45) is -8.42. The summed E-state index contributed by atoms with van der Waals surface area (Å²) in [5.74, 6) is -0.735. The summed E-state index contributed by atoms with van der Waals surface area (Å²) in [6.45, 7) is 3.02. The molecule has 112 valence electrons. The maximum absolute atomic E-state index is 9.82. The first-order chi connectivity index (χ1) is 9.34. The number of benzene rings is 1. The Bertz CT molecular complexity index is 421. The maximum Gasteiger partial charge on any atom is 0.139 e. The van der Waals surface area contributed by atoms with Crippen LogP contribution in [0.3, 0.4) is 0 Å². The molecule has 0 saturated carbocycles. The quantitative estimate of drug-likeness (QED) is 0.361. The van der Waals surface area contributed by atoms with Gasteiger partial charge in [-0.15, -0.1) is 0 Å². The molecule has 6 nitrogen and oxygen atoms in total. The van der Waals surface area contributed by atoms with Crippen molar-refractivity contribution in [1.82, 2.24) is 0 Å². The van der Waals surface area contributed by atoms with E-state index >= 15 is 0 Å². The Morgan fingerprint density at radius 1 is 0.900 bits per heavy atom. The molecule has 0 aromatic heterocycles. The molecule has 0 amide bonds. The summed E-state index contributed by atoms with van der Waals surface area (Å²) in [7, 11) is 0. The average Bonchev–Trinajstić information content (AvgIpc) is 2.44. The molecule has 0 heterocycles. The van der Waals surface area contributed by atoms with Crippen molar-refractivity contribution in [3.8, 4) is 0 Å². The van der Waals surface area contributed by atoms with E-state index in [1.165, 1.54) is 0 Å². The van der Waals surface area contributed by atoms with E-state index in [1.807, 2.05) is 0 Å². The van der Waals surface area contributed by atoms with Crippen LogP contribution >= 0.6 is 0 Å². The first kappa shape index (κ1) is 16.6. The number of aliphatic hydroxyl groups excluding tert-OH is 6. The topological polar surface area (TPSA) is 121 Å². The molecule has 0 bridgehead atoms. The van der Waals surface area contributed by atoms with Crippen LogP contribution in [0.2, 0.25) is 0 Å². The lowest BCUT2D eigenvalue weighted by Crippen LogP contribution is -2.49. The van der Waals surface area contributed by atoms with Crippen molar-refractivity contribution in [3.05, 3.63) is 48.2 Å². The number of hydrogen-bond donors (Lipinski definition) is 6. The molecule has 0 radical (unpaired) electrons. The van der Waals surface area contributed by atoms with E-state index in [9.17, 15) is 25.5 Å². The third-order valence-electron chi connectivity index (χ3n) is 3.05. The Morgan fingerprint density at radius 2 is 1.45 bits per heavy atom. The molecule has 1 aromatic rings. The van der Waals surface area contributed by atoms with Crippen molar-refractivity contribution >= 4 is 0 Å². The Labute approximate surface area is 116 Å². The molecular formula is C14H20O6. The van der Waals surface area contributed by atoms with Crippen LogP contribution in [0.5, 0.6) is 0 Å². The zero-order valence-corrected chi connectivity index (χ0v) is 10.9. The number of aliphatic hydroxyl groups is 6. The van der Waals surface area contributed by atoms with Gasteiger partial charge in [-0.25, -0.2) is 0 Å². The van der Waals surface area contributed by atoms with E-state index in [1.54, 1.807) is 30.3 Å². The van der Waals surface area contributed by atoms with Gasteiger partial charge in [-0.1, -0.05) is 36.9 Å². The lowest BCUT2D eigenvalue weighted by molar-refractivity contribution is -0.131. The molecule has 0 spiro atoms. The van der Waals surface area contributed by atoms with Gasteiger partial charge in [0.1, 0.15) is 30.2 Å². The molecule has 1 aromatic carbocycles. The van der Waals surface area contributed by atoms with Gasteiger partial charge in [0.05, 0.1) is 6.10 Å². The van der Waals surface area contributed by atoms with Crippen molar-refractivity contribution in [1.29, 1.82) is 0 Å². The highest BCUT2D eigenvalue weighted by molar-refractivity contribution is 5.16. The van der Waals surface area contributed by atoms with Gasteiger partial charge in [-0.2, -0.15) is 0 Å². The van der Waals surface area contributed by atoms with Gasteiger partial charge in [0, 0.05) is 6.42 Å². The Kier molecular flexibility index (Phi) is 6.12. The van der Waals surface area contributed by atoms with Gasteiger partial charge in [-0.3, -0.25) is 0 Å². The lowest BCUT2D eigenvalue weighted by Gasteiger charge is -2.28. The first-order valence-corrected chi connectivity index (χ1v) is 6.16. The second-order valence-corrected chi connectivity index (χ2v) is 4.67. The summed E-state index contributed by atoms with van der Waals surface area (Å²) in [5, 5.41) is 57.1. The van der Waals surface area contributed by atoms with Gasteiger partial charge in [-0.05, 0) is 5.56 Å². The number of hydrogen-bond acceptors (Lipinski definition) is 6. The summed E-state index contributed by atoms with van der Waals surface area (Å²) in [6, 6.07) is 8.80. The highest BCUT2D eigenvalue weighted by Gasteiger charge is 2.35. The van der Waals surface area contributed by atoms with Crippen molar-refractivity contribution < 1.29 is 30.6 Å². The fourth-order valence-electron chi connectivity index (χ4n) is 1.79.